The molecule has 0 aliphatic heterocycles. The number of nitrogens with one attached hydrogen (secondary N) is 1. The summed E-state index contributed by atoms with van der Waals surface area (Å²) >= 11 is 1.66. The molecule has 0 fully saturated rings. The van der Waals surface area contributed by atoms with Crippen molar-refractivity contribution in [3.05, 3.63) is 41.3 Å². The van der Waals surface area contributed by atoms with E-state index in [-0.39, 0.29) is 17.4 Å². The van der Waals surface area contributed by atoms with Gasteiger partial charge in [-0.3, -0.25) is 4.79 Å². The lowest BCUT2D eigenvalue weighted by atomic mass is 9.86. The van der Waals surface area contributed by atoms with E-state index in [0.29, 0.717) is 18.8 Å². The van der Waals surface area contributed by atoms with Crippen LogP contribution in [0.3, 0.4) is 0 Å². The van der Waals surface area contributed by atoms with Gasteiger partial charge in [-0.2, -0.15) is 5.10 Å². The second-order valence-corrected chi connectivity index (χ2v) is 10.7. The van der Waals surface area contributed by atoms with E-state index in [0.717, 1.165) is 40.1 Å². The van der Waals surface area contributed by atoms with Crippen molar-refractivity contribution >= 4 is 44.5 Å². The molecule has 35 heavy (non-hydrogen) atoms. The van der Waals surface area contributed by atoms with Gasteiger partial charge in [0, 0.05) is 31.1 Å². The maximum absolute atomic E-state index is 13.3. The molecule has 1 N–H and O–H groups in total. The quantitative estimate of drug-likeness (QED) is 0.414. The lowest BCUT2D eigenvalue weighted by Gasteiger charge is -2.38. The fourth-order valence-corrected chi connectivity index (χ4v) is 6.04. The maximum atomic E-state index is 13.3. The number of carbonyl (C=O) groups is 1. The Morgan fingerprint density at radius 1 is 1.34 bits per heavy atom. The van der Waals surface area contributed by atoms with E-state index in [2.05, 4.69) is 20.4 Å². The number of carbonyl (C=O) groups excluding carboxylic acids is 1. The van der Waals surface area contributed by atoms with E-state index in [1.165, 1.54) is 10.4 Å². The maximum Gasteiger partial charge on any atom is 0.226 e. The lowest BCUT2D eigenvalue weighted by Crippen LogP contribution is -2.50. The zero-order valence-electron chi connectivity index (χ0n) is 20.7. The number of methoxy groups -OCH3 is 2. The van der Waals surface area contributed by atoms with Crippen LogP contribution in [-0.2, 0) is 22.4 Å². The molecule has 0 bridgehead atoms. The standard InChI is InChI=1S/C25H30N6O3S/c1-25(2,13-33-4)30(3)24(32)15-6-7-17-20(10-15)35-23-21(17)22(26-14-27-23)29-18-11-16-8-9-28-31(16)12-19(18)34-5/h8-9,11-12,14-15H,6-7,10,13H2,1-5H3,(H,26,27,29)/t15-/m0/s1. The number of rotatable bonds is 7. The number of nitrogens with zero attached hydrogens (tertiary/aromatic N) is 5. The monoisotopic (exact) mass is 494 g/mol. The molecular formula is C25H30N6O3S. The largest absolute Gasteiger partial charge is 0.493 e. The molecule has 4 heterocycles. The van der Waals surface area contributed by atoms with Crippen molar-refractivity contribution in [3.63, 3.8) is 0 Å². The van der Waals surface area contributed by atoms with Crippen molar-refractivity contribution in [2.24, 2.45) is 5.92 Å². The summed E-state index contributed by atoms with van der Waals surface area (Å²) in [6, 6.07) is 3.93. The van der Waals surface area contributed by atoms with Crippen LogP contribution in [0, 0.1) is 5.92 Å². The highest BCUT2D eigenvalue weighted by atomic mass is 32.1. The number of thiophene rings is 1. The SMILES string of the molecule is COCC(C)(C)N(C)C(=O)[C@H]1CCc2c(sc3ncnc(Nc4cc5ccnn5cc4OC)c23)C1. The van der Waals surface area contributed by atoms with Crippen LogP contribution in [0.15, 0.2) is 30.9 Å². The minimum atomic E-state index is -0.357. The lowest BCUT2D eigenvalue weighted by molar-refractivity contribution is -0.141. The number of fused-ring (bicyclic) bond motifs is 4. The van der Waals surface area contributed by atoms with Crippen molar-refractivity contribution in [1.82, 2.24) is 24.5 Å². The van der Waals surface area contributed by atoms with Crippen molar-refractivity contribution in [2.45, 2.75) is 38.6 Å². The molecule has 0 aromatic carbocycles. The average molecular weight is 495 g/mol. The number of anilines is 2. The van der Waals surface area contributed by atoms with Crippen molar-refractivity contribution in [3.8, 4) is 5.75 Å². The smallest absolute Gasteiger partial charge is 0.226 e. The third-order valence-electron chi connectivity index (χ3n) is 6.90. The Kier molecular flexibility index (Phi) is 6.10. The van der Waals surface area contributed by atoms with Crippen LogP contribution in [0.1, 0.15) is 30.7 Å². The molecule has 0 saturated heterocycles. The van der Waals surface area contributed by atoms with Crippen molar-refractivity contribution in [2.75, 3.05) is 33.2 Å². The number of ether oxygens (including phenoxy) is 2. The highest BCUT2D eigenvalue weighted by molar-refractivity contribution is 7.19. The molecule has 184 valence electrons. The molecule has 0 saturated carbocycles. The van der Waals surface area contributed by atoms with E-state index in [1.54, 1.807) is 42.6 Å². The highest BCUT2D eigenvalue weighted by Gasteiger charge is 2.35. The first-order valence-corrected chi connectivity index (χ1v) is 12.4. The van der Waals surface area contributed by atoms with Gasteiger partial charge in [0.25, 0.3) is 0 Å². The third kappa shape index (κ3) is 4.21. The molecule has 10 heteroatoms. The zero-order chi connectivity index (χ0) is 24.7. The Hall–Kier alpha value is -3.24. The first kappa shape index (κ1) is 23.5. The molecule has 0 spiro atoms. The fourth-order valence-electron chi connectivity index (χ4n) is 4.77. The van der Waals surface area contributed by atoms with Gasteiger partial charge in [0.15, 0.2) is 5.75 Å². The van der Waals surface area contributed by atoms with Crippen LogP contribution in [0.25, 0.3) is 15.7 Å². The van der Waals surface area contributed by atoms with Crippen molar-refractivity contribution < 1.29 is 14.3 Å². The Labute approximate surface area is 208 Å². The van der Waals surface area contributed by atoms with E-state index < -0.39 is 0 Å². The van der Waals surface area contributed by atoms with E-state index in [9.17, 15) is 4.79 Å². The molecular weight excluding hydrogens is 464 g/mol. The molecule has 0 radical (unpaired) electrons. The van der Waals surface area contributed by atoms with Gasteiger partial charge in [-0.05, 0) is 50.8 Å². The molecule has 1 aliphatic rings. The summed E-state index contributed by atoms with van der Waals surface area (Å²) in [5.41, 5.74) is 2.64. The molecule has 1 atom stereocenters. The predicted octanol–water partition coefficient (Wildman–Crippen LogP) is 4.08. The average Bonchev–Trinajstić information content (AvgIpc) is 3.46. The fraction of sp³-hybridized carbons (Fsp3) is 0.440. The molecule has 0 unspecified atom stereocenters. The second-order valence-electron chi connectivity index (χ2n) is 9.57. The molecule has 5 rings (SSSR count). The van der Waals surface area contributed by atoms with Crippen LogP contribution >= 0.6 is 11.3 Å². The van der Waals surface area contributed by atoms with Gasteiger partial charge in [0.1, 0.15) is 17.0 Å². The number of aryl methyl sites for hydroxylation is 1. The highest BCUT2D eigenvalue weighted by Crippen LogP contribution is 2.41. The zero-order valence-corrected chi connectivity index (χ0v) is 21.5. The van der Waals surface area contributed by atoms with E-state index in [1.807, 2.05) is 44.1 Å². The van der Waals surface area contributed by atoms with Gasteiger partial charge < -0.3 is 19.7 Å². The number of hydrogen-bond acceptors (Lipinski definition) is 8. The topological polar surface area (TPSA) is 93.9 Å². The number of pyridine rings is 1. The minimum absolute atomic E-state index is 0.0505. The Morgan fingerprint density at radius 2 is 2.17 bits per heavy atom. The van der Waals surface area contributed by atoms with Gasteiger partial charge in [0.05, 0.1) is 42.0 Å². The minimum Gasteiger partial charge on any atom is -0.493 e. The molecule has 4 aromatic heterocycles. The van der Waals surface area contributed by atoms with Crippen molar-refractivity contribution in [1.29, 1.82) is 0 Å². The normalized spacial score (nSPS) is 15.9. The molecule has 1 aliphatic carbocycles. The van der Waals surface area contributed by atoms with Gasteiger partial charge in [-0.15, -0.1) is 11.3 Å². The second kappa shape index (κ2) is 9.09. The number of amides is 1. The number of aromatic nitrogens is 4. The summed E-state index contributed by atoms with van der Waals surface area (Å²) in [7, 11) is 5.18. The third-order valence-corrected chi connectivity index (χ3v) is 8.06. The number of likely N-dealkylation sites (N-methyl/N-ethyl adjacent to an activating group) is 1. The Bertz CT molecular complexity index is 1390. The summed E-state index contributed by atoms with van der Waals surface area (Å²) in [5.74, 6) is 1.53. The summed E-state index contributed by atoms with van der Waals surface area (Å²) < 4.78 is 12.7. The molecule has 1 amide bonds. The van der Waals surface area contributed by atoms with E-state index in [4.69, 9.17) is 9.47 Å². The predicted molar refractivity (Wildman–Crippen MR) is 137 cm³/mol. The Balaban J connectivity index is 1.45. The van der Waals surface area contributed by atoms with Gasteiger partial charge in [0.2, 0.25) is 5.91 Å². The van der Waals surface area contributed by atoms with Crippen LogP contribution in [0.4, 0.5) is 11.5 Å². The number of hydrogen-bond donors (Lipinski definition) is 1. The summed E-state index contributed by atoms with van der Waals surface area (Å²) in [6.07, 6.45) is 7.50. The summed E-state index contributed by atoms with van der Waals surface area (Å²) in [5, 5.41) is 8.78. The van der Waals surface area contributed by atoms with Gasteiger partial charge in [-0.1, -0.05) is 0 Å². The van der Waals surface area contributed by atoms with Crippen LogP contribution in [0.5, 0.6) is 5.75 Å². The Morgan fingerprint density at radius 3 is 2.94 bits per heavy atom. The molecule has 9 nitrogen and oxygen atoms in total. The summed E-state index contributed by atoms with van der Waals surface area (Å²) in [6.45, 7) is 4.56. The van der Waals surface area contributed by atoms with Crippen LogP contribution in [-0.4, -0.2) is 63.8 Å². The first-order valence-electron chi connectivity index (χ1n) is 11.6. The molecule has 4 aromatic rings. The van der Waals surface area contributed by atoms with Crippen LogP contribution < -0.4 is 10.1 Å². The van der Waals surface area contributed by atoms with Gasteiger partial charge in [-0.25, -0.2) is 14.5 Å². The van der Waals surface area contributed by atoms with E-state index >= 15 is 0 Å². The summed E-state index contributed by atoms with van der Waals surface area (Å²) in [4.78, 5) is 26.4. The van der Waals surface area contributed by atoms with Crippen LogP contribution in [0.2, 0.25) is 0 Å². The first-order chi connectivity index (χ1) is 16.8. The van der Waals surface area contributed by atoms with Gasteiger partial charge >= 0.3 is 0 Å².